The van der Waals surface area contributed by atoms with Gasteiger partial charge in [0.1, 0.15) is 4.21 Å². The Morgan fingerprint density at radius 2 is 1.83 bits per heavy atom. The number of amides is 2. The van der Waals surface area contributed by atoms with Crippen LogP contribution < -0.4 is 15.4 Å². The largest absolute Gasteiger partial charge is 0.355 e. The molecule has 0 aliphatic heterocycles. The molecular formula is C15H17N3O4S2. The van der Waals surface area contributed by atoms with E-state index in [9.17, 15) is 18.0 Å². The van der Waals surface area contributed by atoms with E-state index in [-0.39, 0.29) is 29.0 Å². The second-order valence-corrected chi connectivity index (χ2v) is 7.73. The van der Waals surface area contributed by atoms with E-state index in [0.29, 0.717) is 11.3 Å². The molecule has 0 aliphatic rings. The first-order chi connectivity index (χ1) is 11.4. The zero-order valence-corrected chi connectivity index (χ0v) is 14.5. The molecule has 0 unspecified atom stereocenters. The first-order valence-electron chi connectivity index (χ1n) is 7.07. The Labute approximate surface area is 144 Å². The molecule has 24 heavy (non-hydrogen) atoms. The molecule has 2 aromatic rings. The zero-order chi connectivity index (χ0) is 17.6. The number of carbonyl (C=O) groups is 2. The summed E-state index contributed by atoms with van der Waals surface area (Å²) in [5, 5.41) is 6.82. The van der Waals surface area contributed by atoms with Crippen molar-refractivity contribution >= 4 is 38.9 Å². The Kier molecular flexibility index (Phi) is 6.07. The van der Waals surface area contributed by atoms with E-state index in [0.717, 1.165) is 11.3 Å². The van der Waals surface area contributed by atoms with Gasteiger partial charge in [-0.3, -0.25) is 9.59 Å². The zero-order valence-electron chi connectivity index (χ0n) is 12.9. The summed E-state index contributed by atoms with van der Waals surface area (Å²) in [6.07, 6.45) is 0.00179. The van der Waals surface area contributed by atoms with Gasteiger partial charge in [-0.15, -0.1) is 11.3 Å². The third-order valence-corrected chi connectivity index (χ3v) is 5.92. The van der Waals surface area contributed by atoms with Gasteiger partial charge in [0.15, 0.2) is 0 Å². The lowest BCUT2D eigenvalue weighted by Gasteiger charge is -2.07. The Morgan fingerprint density at radius 3 is 2.42 bits per heavy atom. The predicted molar refractivity (Wildman–Crippen MR) is 92.6 cm³/mol. The maximum Gasteiger partial charge on any atom is 0.251 e. The first-order valence-corrected chi connectivity index (χ1v) is 9.44. The van der Waals surface area contributed by atoms with Gasteiger partial charge in [0.2, 0.25) is 15.9 Å². The summed E-state index contributed by atoms with van der Waals surface area (Å²) >= 11 is 1.11. The van der Waals surface area contributed by atoms with Gasteiger partial charge in [0.05, 0.1) is 0 Å². The van der Waals surface area contributed by atoms with Crippen LogP contribution in [0.1, 0.15) is 16.8 Å². The molecule has 1 aromatic carbocycles. The second kappa shape index (κ2) is 8.04. The normalized spacial score (nSPS) is 11.0. The SMILES string of the molecule is CNC(=O)c1ccc(NC(=O)CCNS(=O)(=O)c2cccs2)cc1. The summed E-state index contributed by atoms with van der Waals surface area (Å²) in [6.45, 7) is 0.00237. The summed E-state index contributed by atoms with van der Waals surface area (Å²) in [4.78, 5) is 23.3. The van der Waals surface area contributed by atoms with Crippen LogP contribution in [0.3, 0.4) is 0 Å². The predicted octanol–water partition coefficient (Wildman–Crippen LogP) is 1.41. The van der Waals surface area contributed by atoms with E-state index in [2.05, 4.69) is 15.4 Å². The van der Waals surface area contributed by atoms with Gasteiger partial charge in [-0.1, -0.05) is 6.07 Å². The lowest BCUT2D eigenvalue weighted by atomic mass is 10.2. The van der Waals surface area contributed by atoms with Gasteiger partial charge in [0, 0.05) is 31.3 Å². The van der Waals surface area contributed by atoms with Gasteiger partial charge in [0.25, 0.3) is 5.91 Å². The number of benzene rings is 1. The minimum absolute atomic E-state index is 0.00179. The lowest BCUT2D eigenvalue weighted by molar-refractivity contribution is -0.116. The molecular weight excluding hydrogens is 350 g/mol. The van der Waals surface area contributed by atoms with Crippen LogP contribution in [0, 0.1) is 0 Å². The van der Waals surface area contributed by atoms with Crippen molar-refractivity contribution in [3.63, 3.8) is 0 Å². The van der Waals surface area contributed by atoms with Crippen molar-refractivity contribution in [2.75, 3.05) is 18.9 Å². The molecule has 0 bridgehead atoms. The van der Waals surface area contributed by atoms with Gasteiger partial charge in [-0.05, 0) is 35.7 Å². The van der Waals surface area contributed by atoms with Crippen LogP contribution in [0.4, 0.5) is 5.69 Å². The van der Waals surface area contributed by atoms with Gasteiger partial charge < -0.3 is 10.6 Å². The maximum absolute atomic E-state index is 11.9. The lowest BCUT2D eigenvalue weighted by Crippen LogP contribution is -2.27. The fraction of sp³-hybridized carbons (Fsp3) is 0.200. The fourth-order valence-corrected chi connectivity index (χ4v) is 3.93. The molecule has 0 fully saturated rings. The Bertz CT molecular complexity index is 800. The summed E-state index contributed by atoms with van der Waals surface area (Å²) in [5.74, 6) is -0.535. The molecule has 128 valence electrons. The molecule has 0 aliphatic carbocycles. The fourth-order valence-electron chi connectivity index (χ4n) is 1.86. The molecule has 2 amide bonds. The molecule has 0 atom stereocenters. The van der Waals surface area contributed by atoms with E-state index in [1.54, 1.807) is 35.7 Å². The minimum atomic E-state index is -3.56. The molecule has 0 saturated carbocycles. The maximum atomic E-state index is 11.9. The summed E-state index contributed by atoms with van der Waals surface area (Å²) in [7, 11) is -2.02. The number of sulfonamides is 1. The van der Waals surface area contributed by atoms with Crippen LogP contribution in [0.25, 0.3) is 0 Å². The number of carbonyl (C=O) groups excluding carboxylic acids is 2. The van der Waals surface area contributed by atoms with Crippen molar-refractivity contribution in [2.45, 2.75) is 10.6 Å². The number of hydrogen-bond acceptors (Lipinski definition) is 5. The average molecular weight is 367 g/mol. The highest BCUT2D eigenvalue weighted by atomic mass is 32.2. The summed E-state index contributed by atoms with van der Waals surface area (Å²) < 4.78 is 26.4. The second-order valence-electron chi connectivity index (χ2n) is 4.78. The standard InChI is InChI=1S/C15H17N3O4S2/c1-16-15(20)11-4-6-12(7-5-11)18-13(19)8-9-17-24(21,22)14-3-2-10-23-14/h2-7,10,17H,8-9H2,1H3,(H,16,20)(H,18,19). The monoisotopic (exact) mass is 367 g/mol. The van der Waals surface area contributed by atoms with Crippen LogP contribution in [-0.4, -0.2) is 33.8 Å². The number of nitrogens with one attached hydrogen (secondary N) is 3. The van der Waals surface area contributed by atoms with Crippen LogP contribution in [0.15, 0.2) is 46.0 Å². The van der Waals surface area contributed by atoms with Crippen LogP contribution in [0.5, 0.6) is 0 Å². The quantitative estimate of drug-likeness (QED) is 0.688. The van der Waals surface area contributed by atoms with Gasteiger partial charge >= 0.3 is 0 Å². The topological polar surface area (TPSA) is 104 Å². The highest BCUT2D eigenvalue weighted by Crippen LogP contribution is 2.15. The minimum Gasteiger partial charge on any atom is -0.355 e. The summed E-state index contributed by atoms with van der Waals surface area (Å²) in [5.41, 5.74) is 1.02. The van der Waals surface area contributed by atoms with E-state index < -0.39 is 10.0 Å². The molecule has 7 nitrogen and oxygen atoms in total. The van der Waals surface area contributed by atoms with E-state index in [4.69, 9.17) is 0 Å². The van der Waals surface area contributed by atoms with Crippen LogP contribution in [0.2, 0.25) is 0 Å². The average Bonchev–Trinajstić information content (AvgIpc) is 3.10. The third kappa shape index (κ3) is 4.88. The number of rotatable bonds is 7. The highest BCUT2D eigenvalue weighted by Gasteiger charge is 2.15. The Morgan fingerprint density at radius 1 is 1.12 bits per heavy atom. The smallest absolute Gasteiger partial charge is 0.251 e. The Balaban J connectivity index is 1.82. The molecule has 1 aromatic heterocycles. The first kappa shape index (κ1) is 18.1. The third-order valence-electron chi connectivity index (χ3n) is 3.06. The molecule has 1 heterocycles. The van der Waals surface area contributed by atoms with E-state index in [1.165, 1.54) is 13.1 Å². The molecule has 0 spiro atoms. The van der Waals surface area contributed by atoms with Crippen molar-refractivity contribution < 1.29 is 18.0 Å². The molecule has 9 heteroatoms. The van der Waals surface area contributed by atoms with Gasteiger partial charge in [-0.2, -0.15) is 0 Å². The van der Waals surface area contributed by atoms with E-state index in [1.807, 2.05) is 0 Å². The van der Waals surface area contributed by atoms with Crippen molar-refractivity contribution in [2.24, 2.45) is 0 Å². The van der Waals surface area contributed by atoms with Crippen molar-refractivity contribution in [3.8, 4) is 0 Å². The molecule has 2 rings (SSSR count). The van der Waals surface area contributed by atoms with Crippen molar-refractivity contribution in [3.05, 3.63) is 47.3 Å². The number of anilines is 1. The van der Waals surface area contributed by atoms with Crippen LogP contribution >= 0.6 is 11.3 Å². The van der Waals surface area contributed by atoms with Gasteiger partial charge in [-0.25, -0.2) is 13.1 Å². The summed E-state index contributed by atoms with van der Waals surface area (Å²) in [6, 6.07) is 9.55. The molecule has 0 saturated heterocycles. The highest BCUT2D eigenvalue weighted by molar-refractivity contribution is 7.91. The number of thiophene rings is 1. The number of hydrogen-bond donors (Lipinski definition) is 3. The molecule has 0 radical (unpaired) electrons. The molecule has 3 N–H and O–H groups in total. The van der Waals surface area contributed by atoms with Crippen LogP contribution in [-0.2, 0) is 14.8 Å². The Hall–Kier alpha value is -2.23. The van der Waals surface area contributed by atoms with Crippen molar-refractivity contribution in [1.82, 2.24) is 10.0 Å². The van der Waals surface area contributed by atoms with Crippen molar-refractivity contribution in [1.29, 1.82) is 0 Å². The van der Waals surface area contributed by atoms with E-state index >= 15 is 0 Å².